The fraction of sp³-hybridized carbons (Fsp3) is 0.250. The predicted molar refractivity (Wildman–Crippen MR) is 133 cm³/mol. The number of nitrogens with zero attached hydrogens (tertiary/aromatic N) is 3. The summed E-state index contributed by atoms with van der Waals surface area (Å²) in [6.45, 7) is 4.66. The number of carbonyl (C=O) groups is 2. The number of aromatic nitrogens is 2. The summed E-state index contributed by atoms with van der Waals surface area (Å²) in [4.78, 5) is 33.8. The van der Waals surface area contributed by atoms with Crippen LogP contribution in [0.5, 0.6) is 5.75 Å². The van der Waals surface area contributed by atoms with E-state index in [1.165, 1.54) is 0 Å². The van der Waals surface area contributed by atoms with Gasteiger partial charge in [-0.05, 0) is 49.2 Å². The van der Waals surface area contributed by atoms with Gasteiger partial charge in [0.15, 0.2) is 5.92 Å². The molecule has 7 nitrogen and oxygen atoms in total. The minimum absolute atomic E-state index is 0.185. The Kier molecular flexibility index (Phi) is 6.23. The van der Waals surface area contributed by atoms with Crippen molar-refractivity contribution in [3.63, 3.8) is 0 Å². The predicted octanol–water partition coefficient (Wildman–Crippen LogP) is 4.75. The van der Waals surface area contributed by atoms with Crippen molar-refractivity contribution in [3.05, 3.63) is 90.0 Å². The first-order chi connectivity index (χ1) is 17.1. The molecule has 0 spiro atoms. The lowest BCUT2D eigenvalue weighted by Gasteiger charge is -2.38. The van der Waals surface area contributed by atoms with Crippen molar-refractivity contribution in [1.29, 1.82) is 0 Å². The van der Waals surface area contributed by atoms with E-state index in [0.717, 1.165) is 22.2 Å². The normalized spacial score (nSPS) is 17.3. The summed E-state index contributed by atoms with van der Waals surface area (Å²) in [7, 11) is 0. The highest BCUT2D eigenvalue weighted by molar-refractivity contribution is 6.08. The average Bonchev–Trinajstić information content (AvgIpc) is 3.26. The number of esters is 1. The SMILES string of the molecule is CCOC(=O)[C@H]1C(=O)N(Cc2ccccc2)c2nc3ccccc3n2[C@H]1c1cccc(OCC)c1. The number of carbonyl (C=O) groups excluding carboxylic acids is 2. The van der Waals surface area contributed by atoms with Gasteiger partial charge < -0.3 is 14.0 Å². The quantitative estimate of drug-likeness (QED) is 0.288. The molecule has 1 amide bonds. The Bertz CT molecular complexity index is 1370. The molecule has 0 bridgehead atoms. The maximum absolute atomic E-state index is 14.0. The van der Waals surface area contributed by atoms with E-state index in [0.29, 0.717) is 24.8 Å². The number of fused-ring (bicyclic) bond motifs is 3. The third-order valence-corrected chi connectivity index (χ3v) is 6.18. The molecule has 4 aromatic rings. The van der Waals surface area contributed by atoms with Crippen LogP contribution in [-0.2, 0) is 20.9 Å². The number of ether oxygens (including phenoxy) is 2. The summed E-state index contributed by atoms with van der Waals surface area (Å²) in [5.41, 5.74) is 3.32. The number of hydrogen-bond acceptors (Lipinski definition) is 5. The van der Waals surface area contributed by atoms with Crippen LogP contribution in [0.15, 0.2) is 78.9 Å². The summed E-state index contributed by atoms with van der Waals surface area (Å²) < 4.78 is 13.2. The van der Waals surface area contributed by atoms with Gasteiger partial charge in [0.25, 0.3) is 0 Å². The molecule has 1 aromatic heterocycles. The van der Waals surface area contributed by atoms with Crippen LogP contribution in [-0.4, -0.2) is 34.6 Å². The van der Waals surface area contributed by atoms with E-state index in [-0.39, 0.29) is 12.5 Å². The van der Waals surface area contributed by atoms with Crippen LogP contribution in [0.3, 0.4) is 0 Å². The third-order valence-electron chi connectivity index (χ3n) is 6.18. The van der Waals surface area contributed by atoms with Crippen LogP contribution < -0.4 is 9.64 Å². The van der Waals surface area contributed by atoms with Crippen molar-refractivity contribution in [2.45, 2.75) is 26.4 Å². The number of anilines is 1. The number of imidazole rings is 1. The summed E-state index contributed by atoms with van der Waals surface area (Å²) in [5.74, 6) is -0.765. The molecule has 1 aliphatic heterocycles. The molecule has 0 aliphatic carbocycles. The minimum Gasteiger partial charge on any atom is -0.494 e. The summed E-state index contributed by atoms with van der Waals surface area (Å²) in [6, 6.07) is 24.3. The lowest BCUT2D eigenvalue weighted by Crippen LogP contribution is -2.49. The first kappa shape index (κ1) is 22.7. The molecule has 0 N–H and O–H groups in total. The zero-order chi connectivity index (χ0) is 24.4. The van der Waals surface area contributed by atoms with E-state index in [4.69, 9.17) is 14.5 Å². The van der Waals surface area contributed by atoms with E-state index in [9.17, 15) is 9.59 Å². The number of benzene rings is 3. The van der Waals surface area contributed by atoms with Crippen LogP contribution in [0.1, 0.15) is 31.0 Å². The molecule has 5 rings (SSSR count). The Morgan fingerprint density at radius 2 is 1.71 bits per heavy atom. The van der Waals surface area contributed by atoms with Gasteiger partial charge in [-0.15, -0.1) is 0 Å². The maximum atomic E-state index is 14.0. The van der Waals surface area contributed by atoms with Gasteiger partial charge >= 0.3 is 5.97 Å². The molecule has 0 saturated heterocycles. The van der Waals surface area contributed by atoms with Crippen LogP contribution in [0.2, 0.25) is 0 Å². The lowest BCUT2D eigenvalue weighted by molar-refractivity contribution is -0.153. The Morgan fingerprint density at radius 3 is 2.49 bits per heavy atom. The van der Waals surface area contributed by atoms with E-state index in [2.05, 4.69) is 0 Å². The largest absolute Gasteiger partial charge is 0.494 e. The number of rotatable bonds is 7. The molecule has 0 fully saturated rings. The van der Waals surface area contributed by atoms with Crippen LogP contribution >= 0.6 is 0 Å². The van der Waals surface area contributed by atoms with Crippen molar-refractivity contribution in [2.75, 3.05) is 18.1 Å². The van der Waals surface area contributed by atoms with E-state index in [1.807, 2.05) is 90.4 Å². The Morgan fingerprint density at radius 1 is 0.943 bits per heavy atom. The molecule has 2 heterocycles. The molecule has 35 heavy (non-hydrogen) atoms. The monoisotopic (exact) mass is 469 g/mol. The molecular weight excluding hydrogens is 442 g/mol. The molecule has 3 aromatic carbocycles. The lowest BCUT2D eigenvalue weighted by atomic mass is 9.89. The highest BCUT2D eigenvalue weighted by Crippen LogP contribution is 2.42. The topological polar surface area (TPSA) is 73.7 Å². The summed E-state index contributed by atoms with van der Waals surface area (Å²) in [6.07, 6.45) is 0. The van der Waals surface area contributed by atoms with Gasteiger partial charge in [0, 0.05) is 0 Å². The molecule has 0 saturated carbocycles. The fourth-order valence-electron chi connectivity index (χ4n) is 4.72. The minimum atomic E-state index is -1.07. The Labute approximate surface area is 203 Å². The second-order valence-electron chi connectivity index (χ2n) is 8.36. The molecule has 2 atom stereocenters. The van der Waals surface area contributed by atoms with Gasteiger partial charge in [-0.2, -0.15) is 0 Å². The first-order valence-corrected chi connectivity index (χ1v) is 11.8. The van der Waals surface area contributed by atoms with Gasteiger partial charge in [0.05, 0.1) is 36.8 Å². The highest BCUT2D eigenvalue weighted by atomic mass is 16.5. The Hall–Kier alpha value is -4.13. The average molecular weight is 470 g/mol. The third kappa shape index (κ3) is 4.14. The molecule has 178 valence electrons. The van der Waals surface area contributed by atoms with Gasteiger partial charge in [-0.3, -0.25) is 14.5 Å². The van der Waals surface area contributed by atoms with Gasteiger partial charge in [-0.25, -0.2) is 4.98 Å². The number of amides is 1. The first-order valence-electron chi connectivity index (χ1n) is 11.8. The summed E-state index contributed by atoms with van der Waals surface area (Å²) >= 11 is 0. The second kappa shape index (κ2) is 9.62. The van der Waals surface area contributed by atoms with Gasteiger partial charge in [0.1, 0.15) is 5.75 Å². The van der Waals surface area contributed by atoms with Crippen LogP contribution in [0, 0.1) is 5.92 Å². The van der Waals surface area contributed by atoms with Crippen LogP contribution in [0.25, 0.3) is 11.0 Å². The molecule has 0 unspecified atom stereocenters. The van der Waals surface area contributed by atoms with Crippen LogP contribution in [0.4, 0.5) is 5.95 Å². The highest BCUT2D eigenvalue weighted by Gasteiger charge is 2.48. The zero-order valence-corrected chi connectivity index (χ0v) is 19.8. The van der Waals surface area contributed by atoms with E-state index >= 15 is 0 Å². The van der Waals surface area contributed by atoms with Gasteiger partial charge in [0.2, 0.25) is 11.9 Å². The standard InChI is InChI=1S/C28H27N3O4/c1-3-34-21-14-10-13-20(17-21)25-24(27(33)35-4-2)26(32)30(18-19-11-6-5-7-12-19)28-29-22-15-8-9-16-23(22)31(25)28/h5-17,24-25H,3-4,18H2,1-2H3/t24-,25+/m1/s1. The van der Waals surface area contributed by atoms with E-state index < -0.39 is 17.9 Å². The second-order valence-corrected chi connectivity index (χ2v) is 8.36. The molecule has 0 radical (unpaired) electrons. The van der Waals surface area contributed by atoms with Crippen molar-refractivity contribution in [1.82, 2.24) is 9.55 Å². The van der Waals surface area contributed by atoms with Gasteiger partial charge in [-0.1, -0.05) is 54.6 Å². The van der Waals surface area contributed by atoms with E-state index in [1.54, 1.807) is 11.8 Å². The smallest absolute Gasteiger partial charge is 0.321 e. The molecular formula is C28H27N3O4. The number of para-hydroxylation sites is 2. The Balaban J connectivity index is 1.74. The van der Waals surface area contributed by atoms with Crippen molar-refractivity contribution >= 4 is 28.9 Å². The number of hydrogen-bond donors (Lipinski definition) is 0. The molecule has 7 heteroatoms. The summed E-state index contributed by atoms with van der Waals surface area (Å²) in [5, 5.41) is 0. The van der Waals surface area contributed by atoms with Crippen molar-refractivity contribution in [2.24, 2.45) is 5.92 Å². The maximum Gasteiger partial charge on any atom is 0.321 e. The molecule has 1 aliphatic rings. The van der Waals surface area contributed by atoms with Crippen molar-refractivity contribution < 1.29 is 19.1 Å². The fourth-order valence-corrected chi connectivity index (χ4v) is 4.72. The van der Waals surface area contributed by atoms with Crippen molar-refractivity contribution in [3.8, 4) is 5.75 Å². The zero-order valence-electron chi connectivity index (χ0n) is 19.8.